The van der Waals surface area contributed by atoms with Crippen molar-refractivity contribution in [2.45, 2.75) is 13.8 Å². The van der Waals surface area contributed by atoms with Crippen LogP contribution in [0.1, 0.15) is 18.1 Å². The van der Waals surface area contributed by atoms with Crippen LogP contribution in [0.4, 0.5) is 5.69 Å². The third kappa shape index (κ3) is 4.14. The van der Waals surface area contributed by atoms with Crippen LogP contribution in [0.5, 0.6) is 11.5 Å². The van der Waals surface area contributed by atoms with E-state index in [-0.39, 0.29) is 0 Å². The first kappa shape index (κ1) is 17.1. The first-order valence-electron chi connectivity index (χ1n) is 6.85. The monoisotopic (exact) mass is 429 g/mol. The van der Waals surface area contributed by atoms with Crippen molar-refractivity contribution >= 4 is 46.1 Å². The molecule has 0 aliphatic carbocycles. The van der Waals surface area contributed by atoms with Crippen LogP contribution in [0.3, 0.4) is 0 Å². The first-order valence-corrected chi connectivity index (χ1v) is 8.31. The lowest BCUT2D eigenvalue weighted by Gasteiger charge is -2.11. The number of methoxy groups -OCH3 is 1. The highest BCUT2D eigenvalue weighted by atomic mass is 127. The van der Waals surface area contributed by atoms with E-state index in [1.165, 1.54) is 0 Å². The molecule has 0 atom stereocenters. The predicted molar refractivity (Wildman–Crippen MR) is 100 cm³/mol. The Morgan fingerprint density at radius 1 is 1.27 bits per heavy atom. The van der Waals surface area contributed by atoms with Crippen molar-refractivity contribution in [3.8, 4) is 11.5 Å². The minimum atomic E-state index is 0.584. The molecule has 0 spiro atoms. The van der Waals surface area contributed by atoms with Gasteiger partial charge in [0.15, 0.2) is 11.5 Å². The molecule has 5 heteroatoms. The van der Waals surface area contributed by atoms with Crippen LogP contribution in [0.25, 0.3) is 0 Å². The van der Waals surface area contributed by atoms with E-state index in [4.69, 9.17) is 21.1 Å². The Bertz CT molecular complexity index is 701. The molecule has 0 amide bonds. The predicted octanol–water partition coefficient (Wildman–Crippen LogP) is 5.41. The SMILES string of the molecule is CCOc1cc(C=Nc2ccc(C)c(Cl)c2)cc(I)c1OC. The van der Waals surface area contributed by atoms with Crippen LogP contribution in [-0.4, -0.2) is 19.9 Å². The maximum atomic E-state index is 6.12. The van der Waals surface area contributed by atoms with Crippen LogP contribution >= 0.6 is 34.2 Å². The van der Waals surface area contributed by atoms with Crippen LogP contribution < -0.4 is 9.47 Å². The number of hydrogen-bond donors (Lipinski definition) is 0. The summed E-state index contributed by atoms with van der Waals surface area (Å²) >= 11 is 8.34. The molecule has 116 valence electrons. The topological polar surface area (TPSA) is 30.8 Å². The molecule has 2 aromatic carbocycles. The van der Waals surface area contributed by atoms with Gasteiger partial charge in [0.1, 0.15) is 0 Å². The van der Waals surface area contributed by atoms with Crippen LogP contribution in [0, 0.1) is 10.5 Å². The normalized spacial score (nSPS) is 11.0. The summed E-state index contributed by atoms with van der Waals surface area (Å²) in [6.07, 6.45) is 1.80. The Balaban J connectivity index is 2.32. The average Bonchev–Trinajstić information content (AvgIpc) is 2.49. The Hall–Kier alpha value is -1.27. The zero-order valence-electron chi connectivity index (χ0n) is 12.7. The van der Waals surface area contributed by atoms with Gasteiger partial charge >= 0.3 is 0 Å². The summed E-state index contributed by atoms with van der Waals surface area (Å²) in [5, 5.41) is 0.717. The second kappa shape index (κ2) is 7.83. The van der Waals surface area contributed by atoms with E-state index in [2.05, 4.69) is 27.6 Å². The number of aryl methyl sites for hydroxylation is 1. The van der Waals surface area contributed by atoms with Gasteiger partial charge in [-0.3, -0.25) is 4.99 Å². The molecule has 2 rings (SSSR count). The summed E-state index contributed by atoms with van der Waals surface area (Å²) in [5.41, 5.74) is 2.81. The van der Waals surface area contributed by atoms with E-state index in [0.29, 0.717) is 11.6 Å². The van der Waals surface area contributed by atoms with Gasteiger partial charge in [0, 0.05) is 11.2 Å². The molecule has 0 unspecified atom stereocenters. The van der Waals surface area contributed by atoms with E-state index in [1.54, 1.807) is 13.3 Å². The fourth-order valence-corrected chi connectivity index (χ4v) is 2.96. The third-order valence-electron chi connectivity index (χ3n) is 3.05. The summed E-state index contributed by atoms with van der Waals surface area (Å²) in [7, 11) is 1.64. The fraction of sp³-hybridized carbons (Fsp3) is 0.235. The number of ether oxygens (including phenoxy) is 2. The highest BCUT2D eigenvalue weighted by Gasteiger charge is 2.10. The molecule has 0 radical (unpaired) electrons. The number of nitrogens with zero attached hydrogens (tertiary/aromatic N) is 1. The second-order valence-electron chi connectivity index (χ2n) is 4.66. The quantitative estimate of drug-likeness (QED) is 0.470. The standard InChI is InChI=1S/C17H17ClINO2/c1-4-22-16-8-12(7-15(19)17(16)21-3)10-20-13-6-5-11(2)14(18)9-13/h5-10H,4H2,1-3H3. The highest BCUT2D eigenvalue weighted by Crippen LogP contribution is 2.33. The Labute approximate surface area is 149 Å². The van der Waals surface area contributed by atoms with Crippen LogP contribution in [0.15, 0.2) is 35.3 Å². The van der Waals surface area contributed by atoms with Gasteiger partial charge in [-0.05, 0) is 71.8 Å². The lowest BCUT2D eigenvalue weighted by molar-refractivity contribution is 0.309. The molecule has 0 aliphatic heterocycles. The van der Waals surface area contributed by atoms with Crippen LogP contribution in [0.2, 0.25) is 5.02 Å². The van der Waals surface area contributed by atoms with Gasteiger partial charge < -0.3 is 9.47 Å². The van der Waals surface area contributed by atoms with Crippen molar-refractivity contribution in [3.63, 3.8) is 0 Å². The number of rotatable bonds is 5. The second-order valence-corrected chi connectivity index (χ2v) is 6.23. The van der Waals surface area contributed by atoms with Crippen molar-refractivity contribution in [1.29, 1.82) is 0 Å². The maximum absolute atomic E-state index is 6.12. The van der Waals surface area contributed by atoms with E-state index in [0.717, 1.165) is 31.9 Å². The average molecular weight is 430 g/mol. The van der Waals surface area contributed by atoms with Gasteiger partial charge in [0.2, 0.25) is 0 Å². The number of halogens is 2. The van der Waals surface area contributed by atoms with Gasteiger partial charge in [-0.1, -0.05) is 17.7 Å². The van der Waals surface area contributed by atoms with Crippen molar-refractivity contribution in [1.82, 2.24) is 0 Å². The molecule has 0 bridgehead atoms. The van der Waals surface area contributed by atoms with Crippen LogP contribution in [-0.2, 0) is 0 Å². The molecular formula is C17H17ClINO2. The van der Waals surface area contributed by atoms with Crippen molar-refractivity contribution in [2.75, 3.05) is 13.7 Å². The number of aliphatic imine (C=N–C) groups is 1. The first-order chi connectivity index (χ1) is 10.5. The molecule has 0 heterocycles. The minimum Gasteiger partial charge on any atom is -0.492 e. The summed E-state index contributed by atoms with van der Waals surface area (Å²) in [6, 6.07) is 9.67. The van der Waals surface area contributed by atoms with Gasteiger partial charge in [-0.2, -0.15) is 0 Å². The lowest BCUT2D eigenvalue weighted by Crippen LogP contribution is -1.98. The van der Waals surface area contributed by atoms with Gasteiger partial charge in [-0.25, -0.2) is 0 Å². The third-order valence-corrected chi connectivity index (χ3v) is 4.26. The molecule has 22 heavy (non-hydrogen) atoms. The largest absolute Gasteiger partial charge is 0.492 e. The van der Waals surface area contributed by atoms with E-state index in [9.17, 15) is 0 Å². The van der Waals surface area contributed by atoms with Gasteiger partial charge in [-0.15, -0.1) is 0 Å². The molecule has 0 saturated carbocycles. The molecule has 0 fully saturated rings. The van der Waals surface area contributed by atoms with Crippen molar-refractivity contribution < 1.29 is 9.47 Å². The lowest BCUT2D eigenvalue weighted by atomic mass is 10.2. The summed E-state index contributed by atoms with van der Waals surface area (Å²) in [6.45, 7) is 4.50. The van der Waals surface area contributed by atoms with E-state index < -0.39 is 0 Å². The zero-order chi connectivity index (χ0) is 16.1. The minimum absolute atomic E-state index is 0.584. The van der Waals surface area contributed by atoms with E-state index in [1.807, 2.05) is 44.2 Å². The highest BCUT2D eigenvalue weighted by molar-refractivity contribution is 14.1. The number of benzene rings is 2. The summed E-state index contributed by atoms with van der Waals surface area (Å²) in [5.74, 6) is 1.47. The Morgan fingerprint density at radius 2 is 2.05 bits per heavy atom. The smallest absolute Gasteiger partial charge is 0.174 e. The van der Waals surface area contributed by atoms with E-state index >= 15 is 0 Å². The molecule has 0 N–H and O–H groups in total. The molecule has 0 saturated heterocycles. The summed E-state index contributed by atoms with van der Waals surface area (Å²) in [4.78, 5) is 4.47. The molecular weight excluding hydrogens is 413 g/mol. The Kier molecular flexibility index (Phi) is 6.08. The molecule has 3 nitrogen and oxygen atoms in total. The van der Waals surface area contributed by atoms with Crippen molar-refractivity contribution in [3.05, 3.63) is 50.1 Å². The maximum Gasteiger partial charge on any atom is 0.174 e. The number of hydrogen-bond acceptors (Lipinski definition) is 3. The molecule has 0 aromatic heterocycles. The molecule has 0 aliphatic rings. The summed E-state index contributed by atoms with van der Waals surface area (Å²) < 4.78 is 12.0. The van der Waals surface area contributed by atoms with Crippen molar-refractivity contribution in [2.24, 2.45) is 4.99 Å². The fourth-order valence-electron chi connectivity index (χ4n) is 1.93. The molecule has 2 aromatic rings. The van der Waals surface area contributed by atoms with Gasteiger partial charge in [0.05, 0.1) is 23.0 Å². The zero-order valence-corrected chi connectivity index (χ0v) is 15.6. The van der Waals surface area contributed by atoms with Gasteiger partial charge in [0.25, 0.3) is 0 Å². The Morgan fingerprint density at radius 3 is 2.68 bits per heavy atom.